The Morgan fingerprint density at radius 1 is 1.03 bits per heavy atom. The summed E-state index contributed by atoms with van der Waals surface area (Å²) in [7, 11) is 0. The summed E-state index contributed by atoms with van der Waals surface area (Å²) in [5, 5.41) is 3.46. The molecule has 4 aromatic rings. The molecule has 33 heavy (non-hydrogen) atoms. The van der Waals surface area contributed by atoms with Gasteiger partial charge in [0.05, 0.1) is 18.0 Å². The van der Waals surface area contributed by atoms with Crippen LogP contribution < -0.4 is 10.2 Å². The number of imidazole rings is 1. The monoisotopic (exact) mass is 432 g/mol. The Bertz CT molecular complexity index is 1410. The van der Waals surface area contributed by atoms with E-state index >= 15 is 0 Å². The van der Waals surface area contributed by atoms with Gasteiger partial charge in [-0.05, 0) is 41.8 Å². The predicted octanol–water partition coefficient (Wildman–Crippen LogP) is 4.72. The van der Waals surface area contributed by atoms with Gasteiger partial charge in [0.1, 0.15) is 0 Å². The topological polar surface area (TPSA) is 42.4 Å². The van der Waals surface area contributed by atoms with Crippen molar-refractivity contribution < 1.29 is 0 Å². The molecule has 0 unspecified atom stereocenters. The molecule has 1 N–H and O–H groups in total. The number of anilines is 1. The fourth-order valence-corrected chi connectivity index (χ4v) is 5.64. The fraction of sp³-hybridized carbons (Fsp3) is 0.259. The summed E-state index contributed by atoms with van der Waals surface area (Å²) in [6, 6.07) is 17.0. The average molecular weight is 433 g/mol. The minimum atomic E-state index is 0.482. The van der Waals surface area contributed by atoms with Crippen LogP contribution in [0.1, 0.15) is 12.0 Å². The van der Waals surface area contributed by atoms with Crippen molar-refractivity contribution in [3.63, 3.8) is 0 Å². The van der Waals surface area contributed by atoms with E-state index in [1.165, 1.54) is 23.4 Å². The molecule has 0 aliphatic carbocycles. The Hall–Kier alpha value is -3.82. The first kappa shape index (κ1) is 18.7. The highest BCUT2D eigenvalue weighted by molar-refractivity contribution is 5.73. The lowest BCUT2D eigenvalue weighted by Gasteiger charge is -2.39. The Morgan fingerprint density at radius 3 is 2.67 bits per heavy atom. The number of hydrogen-bond acceptors (Lipinski definition) is 3. The standard InChI is InChI=1S/C27H24N6/c1-28-22-4-2-19(3-5-22)20-13-25-26-30-9-11-33(26)24-7-6-23(12-21(24)15-32(25)14-20)31-10-8-27(18-31)16-29-17-27/h2-7,9,11-14,29H,8,10,15-18H2. The van der Waals surface area contributed by atoms with Crippen molar-refractivity contribution in [1.29, 1.82) is 0 Å². The minimum Gasteiger partial charge on any atom is -0.371 e. The van der Waals surface area contributed by atoms with Crippen molar-refractivity contribution in [2.75, 3.05) is 31.1 Å². The zero-order chi connectivity index (χ0) is 22.0. The van der Waals surface area contributed by atoms with Crippen molar-refractivity contribution in [1.82, 2.24) is 19.4 Å². The molecule has 3 aliphatic heterocycles. The van der Waals surface area contributed by atoms with E-state index in [4.69, 9.17) is 11.6 Å². The largest absolute Gasteiger partial charge is 0.371 e. The van der Waals surface area contributed by atoms with Crippen LogP contribution >= 0.6 is 0 Å². The van der Waals surface area contributed by atoms with E-state index in [-0.39, 0.29) is 0 Å². The first-order valence-electron chi connectivity index (χ1n) is 11.5. The maximum Gasteiger partial charge on any atom is 0.187 e. The maximum atomic E-state index is 7.20. The molecule has 6 nitrogen and oxygen atoms in total. The van der Waals surface area contributed by atoms with E-state index in [9.17, 15) is 0 Å². The number of benzene rings is 2. The maximum absolute atomic E-state index is 7.20. The van der Waals surface area contributed by atoms with Gasteiger partial charge < -0.3 is 14.8 Å². The van der Waals surface area contributed by atoms with Crippen LogP contribution in [0.3, 0.4) is 0 Å². The molecule has 2 fully saturated rings. The lowest BCUT2D eigenvalue weighted by atomic mass is 9.81. The summed E-state index contributed by atoms with van der Waals surface area (Å²) in [5.41, 5.74) is 8.36. The van der Waals surface area contributed by atoms with Gasteiger partial charge in [0.2, 0.25) is 0 Å². The minimum absolute atomic E-state index is 0.482. The molecule has 2 aromatic heterocycles. The van der Waals surface area contributed by atoms with Crippen LogP contribution in [0.15, 0.2) is 67.1 Å². The van der Waals surface area contributed by atoms with Gasteiger partial charge in [-0.2, -0.15) is 0 Å². The van der Waals surface area contributed by atoms with E-state index < -0.39 is 0 Å². The van der Waals surface area contributed by atoms with E-state index in [0.29, 0.717) is 11.1 Å². The van der Waals surface area contributed by atoms with E-state index in [2.05, 4.69) is 60.9 Å². The second-order valence-electron chi connectivity index (χ2n) is 9.61. The molecular weight excluding hydrogens is 408 g/mol. The van der Waals surface area contributed by atoms with E-state index in [1.54, 1.807) is 0 Å². The Balaban J connectivity index is 1.29. The number of rotatable bonds is 2. The first-order valence-corrected chi connectivity index (χ1v) is 11.5. The van der Waals surface area contributed by atoms with E-state index in [1.807, 2.05) is 30.5 Å². The van der Waals surface area contributed by atoms with Crippen LogP contribution in [0.25, 0.3) is 33.2 Å². The summed E-state index contributed by atoms with van der Waals surface area (Å²) < 4.78 is 4.53. The Labute approximate surface area is 192 Å². The second kappa shape index (κ2) is 6.84. The third kappa shape index (κ3) is 2.86. The zero-order valence-electron chi connectivity index (χ0n) is 18.3. The summed E-state index contributed by atoms with van der Waals surface area (Å²) >= 11 is 0. The molecule has 0 amide bonds. The quantitative estimate of drug-likeness (QED) is 0.411. The third-order valence-electron chi connectivity index (χ3n) is 7.56. The molecular formula is C27H24N6. The molecule has 2 aromatic carbocycles. The highest BCUT2D eigenvalue weighted by atomic mass is 15.2. The highest BCUT2D eigenvalue weighted by Gasteiger charge is 2.43. The van der Waals surface area contributed by atoms with Crippen molar-refractivity contribution in [3.05, 3.63) is 84.1 Å². The van der Waals surface area contributed by atoms with Crippen molar-refractivity contribution in [2.45, 2.75) is 13.0 Å². The number of nitrogens with one attached hydrogen (secondary N) is 1. The SMILES string of the molecule is [C-]#[N+]c1ccc(-c2cc3n(c2)Cc2cc(N4CCC5(CNC5)C4)ccc2-n2ccnc2-3)cc1. The van der Waals surface area contributed by atoms with Crippen LogP contribution in [0, 0.1) is 12.0 Å². The molecule has 0 radical (unpaired) electrons. The van der Waals surface area contributed by atoms with Crippen LogP contribution in [0.4, 0.5) is 11.4 Å². The molecule has 2 saturated heterocycles. The molecule has 1 spiro atoms. The molecule has 0 atom stereocenters. The molecule has 0 bridgehead atoms. The molecule has 162 valence electrons. The van der Waals surface area contributed by atoms with Crippen molar-refractivity contribution in [2.24, 2.45) is 5.41 Å². The summed E-state index contributed by atoms with van der Waals surface area (Å²) in [6.07, 6.45) is 7.44. The van der Waals surface area contributed by atoms with Gasteiger partial charge in [-0.15, -0.1) is 0 Å². The molecule has 0 saturated carbocycles. The van der Waals surface area contributed by atoms with Gasteiger partial charge in [0, 0.05) is 68.0 Å². The Morgan fingerprint density at radius 2 is 1.91 bits per heavy atom. The summed E-state index contributed by atoms with van der Waals surface area (Å²) in [5.74, 6) is 0.964. The fourth-order valence-electron chi connectivity index (χ4n) is 5.64. The number of hydrogen-bond donors (Lipinski definition) is 1. The number of nitrogens with zero attached hydrogens (tertiary/aromatic N) is 5. The lowest BCUT2D eigenvalue weighted by molar-refractivity contribution is 0.200. The van der Waals surface area contributed by atoms with Gasteiger partial charge in [-0.1, -0.05) is 24.3 Å². The van der Waals surface area contributed by atoms with Crippen LogP contribution in [0.5, 0.6) is 0 Å². The van der Waals surface area contributed by atoms with Crippen LogP contribution in [-0.4, -0.2) is 40.3 Å². The molecule has 5 heterocycles. The summed E-state index contributed by atoms with van der Waals surface area (Å²) in [6.45, 7) is 12.6. The normalized spacial score (nSPS) is 17.6. The molecule has 6 heteroatoms. The lowest BCUT2D eigenvalue weighted by Crippen LogP contribution is -2.54. The molecule has 3 aliphatic rings. The smallest absolute Gasteiger partial charge is 0.187 e. The van der Waals surface area contributed by atoms with Gasteiger partial charge >= 0.3 is 0 Å². The van der Waals surface area contributed by atoms with Crippen LogP contribution in [-0.2, 0) is 6.54 Å². The van der Waals surface area contributed by atoms with Crippen molar-refractivity contribution >= 4 is 11.4 Å². The van der Waals surface area contributed by atoms with Gasteiger partial charge in [-0.25, -0.2) is 9.83 Å². The van der Waals surface area contributed by atoms with E-state index in [0.717, 1.165) is 55.4 Å². The Kier molecular flexibility index (Phi) is 3.88. The van der Waals surface area contributed by atoms with Gasteiger partial charge in [-0.3, -0.25) is 4.57 Å². The van der Waals surface area contributed by atoms with Gasteiger partial charge in [0.15, 0.2) is 11.5 Å². The predicted molar refractivity (Wildman–Crippen MR) is 130 cm³/mol. The summed E-state index contributed by atoms with van der Waals surface area (Å²) in [4.78, 5) is 10.8. The van der Waals surface area contributed by atoms with Crippen LogP contribution in [0.2, 0.25) is 0 Å². The first-order chi connectivity index (χ1) is 16.2. The third-order valence-corrected chi connectivity index (χ3v) is 7.56. The molecule has 7 rings (SSSR count). The van der Waals surface area contributed by atoms with Gasteiger partial charge in [0.25, 0.3) is 0 Å². The second-order valence-corrected chi connectivity index (χ2v) is 9.61. The average Bonchev–Trinajstić information content (AvgIpc) is 3.56. The number of aromatic nitrogens is 3. The number of fused-ring (bicyclic) bond motifs is 5. The zero-order valence-corrected chi connectivity index (χ0v) is 18.3. The highest BCUT2D eigenvalue weighted by Crippen LogP contribution is 2.39. The van der Waals surface area contributed by atoms with Crippen molar-refractivity contribution in [3.8, 4) is 28.3 Å².